The summed E-state index contributed by atoms with van der Waals surface area (Å²) in [5.74, 6) is -1.14. The molecule has 2 N–H and O–H groups in total. The Kier molecular flexibility index (Phi) is 5.69. The van der Waals surface area contributed by atoms with E-state index in [1.165, 1.54) is 12.1 Å². The van der Waals surface area contributed by atoms with E-state index in [-0.39, 0.29) is 0 Å². The van der Waals surface area contributed by atoms with Gasteiger partial charge in [0, 0.05) is 30.3 Å². The summed E-state index contributed by atoms with van der Waals surface area (Å²) in [4.78, 5) is 2.11. The van der Waals surface area contributed by atoms with Crippen molar-refractivity contribution in [2.75, 3.05) is 13.6 Å². The van der Waals surface area contributed by atoms with Gasteiger partial charge in [-0.1, -0.05) is 19.4 Å². The molecule has 2 atom stereocenters. The van der Waals surface area contributed by atoms with Crippen LogP contribution in [0.4, 0.5) is 8.78 Å². The zero-order chi connectivity index (χ0) is 13.7. The molecular weight excluding hydrogens is 234 g/mol. The third-order valence-corrected chi connectivity index (χ3v) is 3.31. The summed E-state index contributed by atoms with van der Waals surface area (Å²) in [6.45, 7) is 4.81. The highest BCUT2D eigenvalue weighted by Gasteiger charge is 2.16. The zero-order valence-electron chi connectivity index (χ0n) is 11.3. The van der Waals surface area contributed by atoms with Crippen molar-refractivity contribution in [1.82, 2.24) is 4.90 Å². The van der Waals surface area contributed by atoms with E-state index in [1.54, 1.807) is 0 Å². The minimum Gasteiger partial charge on any atom is -0.323 e. The molecule has 0 heterocycles. The predicted molar refractivity (Wildman–Crippen MR) is 70.3 cm³/mol. The maximum absolute atomic E-state index is 13.6. The molecule has 2 unspecified atom stereocenters. The summed E-state index contributed by atoms with van der Waals surface area (Å²) in [6.07, 6.45) is 2.18. The number of benzene rings is 1. The first-order chi connectivity index (χ1) is 8.45. The molecule has 18 heavy (non-hydrogen) atoms. The van der Waals surface area contributed by atoms with Gasteiger partial charge in [0.1, 0.15) is 11.6 Å². The summed E-state index contributed by atoms with van der Waals surface area (Å²) in [5, 5.41) is 0. The molecule has 1 aromatic rings. The Bertz CT molecular complexity index is 382. The molecular formula is C14H22F2N2. The van der Waals surface area contributed by atoms with Crippen molar-refractivity contribution >= 4 is 0 Å². The van der Waals surface area contributed by atoms with Gasteiger partial charge in [0.25, 0.3) is 0 Å². The monoisotopic (exact) mass is 256 g/mol. The van der Waals surface area contributed by atoms with Gasteiger partial charge >= 0.3 is 0 Å². The van der Waals surface area contributed by atoms with E-state index in [0.717, 1.165) is 18.9 Å². The van der Waals surface area contributed by atoms with Gasteiger partial charge in [0.05, 0.1) is 0 Å². The standard InChI is InChI=1S/C14H22F2N2/c1-4-5-10(2)18(3)9-14(17)12-7-6-11(15)8-13(12)16/h6-8,10,14H,4-5,9,17H2,1-3H3. The van der Waals surface area contributed by atoms with Gasteiger partial charge < -0.3 is 10.6 Å². The summed E-state index contributed by atoms with van der Waals surface area (Å²) < 4.78 is 26.4. The Labute approximate surface area is 108 Å². The van der Waals surface area contributed by atoms with Gasteiger partial charge in [-0.25, -0.2) is 8.78 Å². The number of nitrogens with zero attached hydrogens (tertiary/aromatic N) is 1. The van der Waals surface area contributed by atoms with Crippen LogP contribution in [-0.4, -0.2) is 24.5 Å². The highest BCUT2D eigenvalue weighted by molar-refractivity contribution is 5.22. The molecule has 102 valence electrons. The first-order valence-electron chi connectivity index (χ1n) is 6.36. The lowest BCUT2D eigenvalue weighted by molar-refractivity contribution is 0.230. The van der Waals surface area contributed by atoms with Crippen molar-refractivity contribution < 1.29 is 8.78 Å². The predicted octanol–water partition coefficient (Wildman–Crippen LogP) is 3.09. The molecule has 0 aliphatic carbocycles. The minimum absolute atomic E-state index is 0.368. The van der Waals surface area contributed by atoms with Crippen LogP contribution in [-0.2, 0) is 0 Å². The lowest BCUT2D eigenvalue weighted by atomic mass is 10.1. The van der Waals surface area contributed by atoms with Crippen molar-refractivity contribution in [2.45, 2.75) is 38.8 Å². The number of hydrogen-bond donors (Lipinski definition) is 1. The lowest BCUT2D eigenvalue weighted by Crippen LogP contribution is -2.35. The highest BCUT2D eigenvalue weighted by atomic mass is 19.1. The van der Waals surface area contributed by atoms with Gasteiger partial charge in [0.2, 0.25) is 0 Å². The van der Waals surface area contributed by atoms with Gasteiger partial charge in [-0.15, -0.1) is 0 Å². The quantitative estimate of drug-likeness (QED) is 0.847. The van der Waals surface area contributed by atoms with E-state index < -0.39 is 17.7 Å². The van der Waals surface area contributed by atoms with Gasteiger partial charge in [-0.2, -0.15) is 0 Å². The molecule has 0 radical (unpaired) electrons. The SMILES string of the molecule is CCCC(C)N(C)CC(N)c1ccc(F)cc1F. The second-order valence-corrected chi connectivity index (χ2v) is 4.85. The maximum atomic E-state index is 13.6. The second-order valence-electron chi connectivity index (χ2n) is 4.85. The lowest BCUT2D eigenvalue weighted by Gasteiger charge is -2.27. The number of nitrogens with two attached hydrogens (primary N) is 1. The van der Waals surface area contributed by atoms with Crippen LogP contribution in [0.1, 0.15) is 38.3 Å². The molecule has 0 fully saturated rings. The van der Waals surface area contributed by atoms with Crippen LogP contribution < -0.4 is 5.73 Å². The first kappa shape index (κ1) is 15.1. The summed E-state index contributed by atoms with van der Waals surface area (Å²) in [5.41, 5.74) is 6.34. The number of rotatable bonds is 6. The molecule has 0 saturated carbocycles. The zero-order valence-corrected chi connectivity index (χ0v) is 11.3. The fourth-order valence-corrected chi connectivity index (χ4v) is 2.03. The summed E-state index contributed by atoms with van der Waals surface area (Å²) >= 11 is 0. The number of hydrogen-bond acceptors (Lipinski definition) is 2. The van der Waals surface area contributed by atoms with Crippen molar-refractivity contribution in [3.63, 3.8) is 0 Å². The van der Waals surface area contributed by atoms with Crippen LogP contribution in [0.25, 0.3) is 0 Å². The van der Waals surface area contributed by atoms with Crippen molar-refractivity contribution in [1.29, 1.82) is 0 Å². The molecule has 1 rings (SSSR count). The molecule has 0 aromatic heterocycles. The van der Waals surface area contributed by atoms with Crippen molar-refractivity contribution in [3.05, 3.63) is 35.4 Å². The van der Waals surface area contributed by atoms with E-state index >= 15 is 0 Å². The van der Waals surface area contributed by atoms with E-state index in [9.17, 15) is 8.78 Å². The molecule has 0 aliphatic heterocycles. The first-order valence-corrected chi connectivity index (χ1v) is 6.36. The van der Waals surface area contributed by atoms with Crippen LogP contribution in [0.2, 0.25) is 0 Å². The van der Waals surface area contributed by atoms with Gasteiger partial charge in [-0.3, -0.25) is 0 Å². The normalized spacial score (nSPS) is 14.8. The average molecular weight is 256 g/mol. The van der Waals surface area contributed by atoms with Gasteiger partial charge in [0.15, 0.2) is 0 Å². The molecule has 0 spiro atoms. The minimum atomic E-state index is -0.573. The molecule has 2 nitrogen and oxygen atoms in total. The Morgan fingerprint density at radius 1 is 1.33 bits per heavy atom. The fourth-order valence-electron chi connectivity index (χ4n) is 2.03. The van der Waals surface area contributed by atoms with Crippen LogP contribution in [0.5, 0.6) is 0 Å². The van der Waals surface area contributed by atoms with Crippen LogP contribution >= 0.6 is 0 Å². The van der Waals surface area contributed by atoms with Crippen LogP contribution in [0, 0.1) is 11.6 Å². The van der Waals surface area contributed by atoms with Crippen molar-refractivity contribution in [2.24, 2.45) is 5.73 Å². The molecule has 4 heteroatoms. The third kappa shape index (κ3) is 4.03. The van der Waals surface area contributed by atoms with E-state index in [4.69, 9.17) is 5.73 Å². The Hall–Kier alpha value is -1.00. The molecule has 0 saturated heterocycles. The molecule has 0 bridgehead atoms. The van der Waals surface area contributed by atoms with E-state index in [0.29, 0.717) is 18.2 Å². The van der Waals surface area contributed by atoms with Crippen LogP contribution in [0.3, 0.4) is 0 Å². The Balaban J connectivity index is 2.67. The molecule has 0 amide bonds. The largest absolute Gasteiger partial charge is 0.323 e. The Morgan fingerprint density at radius 3 is 2.56 bits per heavy atom. The van der Waals surface area contributed by atoms with Gasteiger partial charge in [-0.05, 0) is 26.5 Å². The maximum Gasteiger partial charge on any atom is 0.130 e. The average Bonchev–Trinajstić information content (AvgIpc) is 2.28. The summed E-state index contributed by atoms with van der Waals surface area (Å²) in [6, 6.07) is 3.52. The smallest absolute Gasteiger partial charge is 0.130 e. The second kappa shape index (κ2) is 6.81. The number of likely N-dealkylation sites (N-methyl/N-ethyl adjacent to an activating group) is 1. The fraction of sp³-hybridized carbons (Fsp3) is 0.571. The van der Waals surface area contributed by atoms with E-state index in [1.807, 2.05) is 7.05 Å². The van der Waals surface area contributed by atoms with Crippen LogP contribution in [0.15, 0.2) is 18.2 Å². The highest BCUT2D eigenvalue weighted by Crippen LogP contribution is 2.18. The topological polar surface area (TPSA) is 29.3 Å². The number of halogens is 2. The van der Waals surface area contributed by atoms with Crippen molar-refractivity contribution in [3.8, 4) is 0 Å². The molecule has 1 aromatic carbocycles. The summed E-state index contributed by atoms with van der Waals surface area (Å²) in [7, 11) is 1.97. The Morgan fingerprint density at radius 2 is 2.00 bits per heavy atom. The third-order valence-electron chi connectivity index (χ3n) is 3.31. The van der Waals surface area contributed by atoms with E-state index in [2.05, 4.69) is 18.7 Å². The molecule has 0 aliphatic rings.